The van der Waals surface area contributed by atoms with Gasteiger partial charge in [0.05, 0.1) is 0 Å². The number of benzene rings is 1. The van der Waals surface area contributed by atoms with Crippen molar-refractivity contribution < 1.29 is 0 Å². The average molecular weight is 233 g/mol. The van der Waals surface area contributed by atoms with E-state index in [1.165, 1.54) is 18.4 Å². The van der Waals surface area contributed by atoms with E-state index in [2.05, 4.69) is 51.1 Å². The quantitative estimate of drug-likeness (QED) is 0.739. The molecular weight excluding hydrogens is 206 g/mol. The van der Waals surface area contributed by atoms with Crippen molar-refractivity contribution in [3.63, 3.8) is 0 Å². The van der Waals surface area contributed by atoms with Gasteiger partial charge in [0.1, 0.15) is 0 Å². The van der Waals surface area contributed by atoms with Gasteiger partial charge >= 0.3 is 0 Å². The Morgan fingerprint density at radius 3 is 2.29 bits per heavy atom. The fraction of sp³-hybridized carbons (Fsp3) is 0.625. The molecular formula is C16H27N. The summed E-state index contributed by atoms with van der Waals surface area (Å²) >= 11 is 0. The number of rotatable bonds is 7. The van der Waals surface area contributed by atoms with Gasteiger partial charge in [0.15, 0.2) is 0 Å². The predicted octanol–water partition coefficient (Wildman–Crippen LogP) is 4.47. The maximum atomic E-state index is 6.62. The monoisotopic (exact) mass is 233 g/mol. The summed E-state index contributed by atoms with van der Waals surface area (Å²) < 4.78 is 0. The average Bonchev–Trinajstić information content (AvgIpc) is 2.30. The second kappa shape index (κ2) is 6.80. The summed E-state index contributed by atoms with van der Waals surface area (Å²) in [5.41, 5.74) is 7.79. The lowest BCUT2D eigenvalue weighted by atomic mass is 9.81. The molecule has 0 aromatic heterocycles. The van der Waals surface area contributed by atoms with Crippen molar-refractivity contribution in [2.45, 2.75) is 58.4 Å². The molecule has 0 saturated heterocycles. The van der Waals surface area contributed by atoms with Gasteiger partial charge in [0, 0.05) is 5.54 Å². The molecule has 0 saturated carbocycles. The predicted molar refractivity (Wildman–Crippen MR) is 75.9 cm³/mol. The highest BCUT2D eigenvalue weighted by Gasteiger charge is 2.25. The smallest absolute Gasteiger partial charge is 0.0409 e. The van der Waals surface area contributed by atoms with Gasteiger partial charge in [-0.25, -0.2) is 0 Å². The van der Waals surface area contributed by atoms with Crippen LogP contribution in [0.1, 0.15) is 58.4 Å². The molecule has 0 fully saturated rings. The lowest BCUT2D eigenvalue weighted by Gasteiger charge is -2.30. The van der Waals surface area contributed by atoms with Gasteiger partial charge in [0.2, 0.25) is 0 Å². The Kier molecular flexibility index (Phi) is 5.70. The largest absolute Gasteiger partial charge is 0.321 e. The van der Waals surface area contributed by atoms with Crippen molar-refractivity contribution >= 4 is 0 Å². The molecule has 0 aliphatic heterocycles. The van der Waals surface area contributed by atoms with E-state index in [-0.39, 0.29) is 5.54 Å². The molecule has 2 N–H and O–H groups in total. The number of nitrogens with two attached hydrogens (primary N) is 1. The first-order valence-corrected chi connectivity index (χ1v) is 6.93. The summed E-state index contributed by atoms with van der Waals surface area (Å²) in [5, 5.41) is 0. The highest BCUT2D eigenvalue weighted by molar-refractivity contribution is 5.23. The van der Waals surface area contributed by atoms with Gasteiger partial charge in [-0.3, -0.25) is 0 Å². The Morgan fingerprint density at radius 2 is 1.76 bits per heavy atom. The molecule has 1 atom stereocenters. The van der Waals surface area contributed by atoms with Crippen LogP contribution in [-0.4, -0.2) is 0 Å². The van der Waals surface area contributed by atoms with Crippen LogP contribution in [0.15, 0.2) is 30.3 Å². The van der Waals surface area contributed by atoms with E-state index < -0.39 is 0 Å². The minimum Gasteiger partial charge on any atom is -0.321 e. The number of hydrogen-bond acceptors (Lipinski definition) is 1. The minimum atomic E-state index is -0.120. The fourth-order valence-corrected chi connectivity index (χ4v) is 2.46. The molecule has 0 bridgehead atoms. The van der Waals surface area contributed by atoms with E-state index in [9.17, 15) is 0 Å². The van der Waals surface area contributed by atoms with Crippen molar-refractivity contribution in [1.82, 2.24) is 0 Å². The highest BCUT2D eigenvalue weighted by atomic mass is 14.7. The minimum absolute atomic E-state index is 0.120. The standard InChI is InChI=1S/C16H27N/c1-4-12-16(17,13-8-9-14(2)3)15-10-6-5-7-11-15/h5-7,10-11,14H,4,8-9,12-13,17H2,1-3H3. The van der Waals surface area contributed by atoms with Crippen molar-refractivity contribution in [2.24, 2.45) is 11.7 Å². The maximum Gasteiger partial charge on any atom is 0.0409 e. The van der Waals surface area contributed by atoms with Crippen LogP contribution in [0.25, 0.3) is 0 Å². The number of hydrogen-bond donors (Lipinski definition) is 1. The van der Waals surface area contributed by atoms with Crippen LogP contribution in [0.4, 0.5) is 0 Å². The van der Waals surface area contributed by atoms with Gasteiger partial charge in [-0.15, -0.1) is 0 Å². The Hall–Kier alpha value is -0.820. The topological polar surface area (TPSA) is 26.0 Å². The van der Waals surface area contributed by atoms with Crippen molar-refractivity contribution in [3.05, 3.63) is 35.9 Å². The summed E-state index contributed by atoms with van der Waals surface area (Å²) in [5.74, 6) is 0.775. The van der Waals surface area contributed by atoms with Crippen LogP contribution in [0.5, 0.6) is 0 Å². The highest BCUT2D eigenvalue weighted by Crippen LogP contribution is 2.29. The molecule has 0 aliphatic rings. The Bertz CT molecular complexity index is 305. The second-order valence-corrected chi connectivity index (χ2v) is 5.56. The van der Waals surface area contributed by atoms with Crippen molar-refractivity contribution in [2.75, 3.05) is 0 Å². The van der Waals surface area contributed by atoms with E-state index in [0.29, 0.717) is 0 Å². The Morgan fingerprint density at radius 1 is 1.12 bits per heavy atom. The fourth-order valence-electron chi connectivity index (χ4n) is 2.46. The zero-order valence-corrected chi connectivity index (χ0v) is 11.6. The molecule has 1 heteroatoms. The molecule has 96 valence electrons. The SMILES string of the molecule is CCCC(N)(CCCC(C)C)c1ccccc1. The molecule has 17 heavy (non-hydrogen) atoms. The third-order valence-corrected chi connectivity index (χ3v) is 3.45. The molecule has 1 unspecified atom stereocenters. The molecule has 0 radical (unpaired) electrons. The first kappa shape index (κ1) is 14.2. The molecule has 1 aromatic carbocycles. The third kappa shape index (κ3) is 4.51. The molecule has 1 nitrogen and oxygen atoms in total. The Labute approximate surface area is 106 Å². The molecule has 0 spiro atoms. The third-order valence-electron chi connectivity index (χ3n) is 3.45. The van der Waals surface area contributed by atoms with E-state index in [4.69, 9.17) is 5.73 Å². The van der Waals surface area contributed by atoms with Gasteiger partial charge in [-0.05, 0) is 24.3 Å². The maximum absolute atomic E-state index is 6.62. The molecule has 1 aromatic rings. The zero-order valence-electron chi connectivity index (χ0n) is 11.6. The van der Waals surface area contributed by atoms with Gasteiger partial charge in [-0.2, -0.15) is 0 Å². The first-order valence-electron chi connectivity index (χ1n) is 6.93. The van der Waals surface area contributed by atoms with Crippen molar-refractivity contribution in [3.8, 4) is 0 Å². The lowest BCUT2D eigenvalue weighted by molar-refractivity contribution is 0.347. The first-order chi connectivity index (χ1) is 8.08. The van der Waals surface area contributed by atoms with Crippen molar-refractivity contribution in [1.29, 1.82) is 0 Å². The second-order valence-electron chi connectivity index (χ2n) is 5.56. The Balaban J connectivity index is 2.68. The summed E-state index contributed by atoms with van der Waals surface area (Å²) in [6.45, 7) is 6.77. The van der Waals surface area contributed by atoms with Crippen LogP contribution >= 0.6 is 0 Å². The van der Waals surface area contributed by atoms with Gasteiger partial charge in [0.25, 0.3) is 0 Å². The normalized spacial score (nSPS) is 14.9. The van der Waals surface area contributed by atoms with Crippen LogP contribution in [0.3, 0.4) is 0 Å². The van der Waals surface area contributed by atoms with Crippen LogP contribution < -0.4 is 5.73 Å². The van der Waals surface area contributed by atoms with E-state index >= 15 is 0 Å². The van der Waals surface area contributed by atoms with Crippen LogP contribution in [0.2, 0.25) is 0 Å². The lowest BCUT2D eigenvalue weighted by Crippen LogP contribution is -2.36. The summed E-state index contributed by atoms with van der Waals surface area (Å²) in [7, 11) is 0. The molecule has 0 aliphatic carbocycles. The van der Waals surface area contributed by atoms with Gasteiger partial charge in [-0.1, -0.05) is 70.4 Å². The molecule has 0 heterocycles. The van der Waals surface area contributed by atoms with Crippen LogP contribution in [0, 0.1) is 5.92 Å². The summed E-state index contributed by atoms with van der Waals surface area (Å²) in [4.78, 5) is 0. The van der Waals surface area contributed by atoms with E-state index in [1.54, 1.807) is 0 Å². The summed E-state index contributed by atoms with van der Waals surface area (Å²) in [6.07, 6.45) is 5.82. The molecule has 0 amide bonds. The van der Waals surface area contributed by atoms with Crippen LogP contribution in [-0.2, 0) is 5.54 Å². The van der Waals surface area contributed by atoms with E-state index in [0.717, 1.165) is 25.2 Å². The summed E-state index contributed by atoms with van der Waals surface area (Å²) in [6, 6.07) is 10.6. The van der Waals surface area contributed by atoms with Gasteiger partial charge < -0.3 is 5.73 Å². The van der Waals surface area contributed by atoms with E-state index in [1.807, 2.05) is 0 Å². The zero-order chi connectivity index (χ0) is 12.7. The molecule has 1 rings (SSSR count).